The Labute approximate surface area is 121 Å². The van der Waals surface area contributed by atoms with Crippen LogP contribution in [0.1, 0.15) is 27.8 Å². The fraction of sp³-hybridized carbons (Fsp3) is 0.133. The van der Waals surface area contributed by atoms with Crippen molar-refractivity contribution in [3.8, 4) is 5.75 Å². The van der Waals surface area contributed by atoms with E-state index in [-0.39, 0.29) is 22.9 Å². The van der Waals surface area contributed by atoms with Gasteiger partial charge in [0.15, 0.2) is 0 Å². The van der Waals surface area contributed by atoms with E-state index in [1.807, 2.05) is 0 Å². The van der Waals surface area contributed by atoms with Gasteiger partial charge in [0.2, 0.25) is 0 Å². The Morgan fingerprint density at radius 2 is 2.00 bits per heavy atom. The molecule has 0 saturated carbocycles. The number of nitrogens with zero attached hydrogens (tertiary/aromatic N) is 2. The molecular weight excluding hydrogens is 272 g/mol. The predicted molar refractivity (Wildman–Crippen MR) is 76.7 cm³/mol. The highest BCUT2D eigenvalue weighted by molar-refractivity contribution is 6.05. The monoisotopic (exact) mass is 286 g/mol. The zero-order valence-electron chi connectivity index (χ0n) is 11.4. The van der Waals surface area contributed by atoms with E-state index in [9.17, 15) is 14.7 Å². The van der Waals surface area contributed by atoms with E-state index in [1.165, 1.54) is 29.2 Å². The summed E-state index contributed by atoms with van der Waals surface area (Å²) in [5, 5.41) is 18.3. The van der Waals surface area contributed by atoms with Gasteiger partial charge in [-0.25, -0.2) is 4.79 Å². The van der Waals surface area contributed by atoms with Crippen LogP contribution in [-0.4, -0.2) is 33.6 Å². The Morgan fingerprint density at radius 3 is 2.52 bits per heavy atom. The maximum absolute atomic E-state index is 12.4. The van der Waals surface area contributed by atoms with Crippen LogP contribution in [0.15, 0.2) is 42.6 Å². The Bertz CT molecular complexity index is 668. The van der Waals surface area contributed by atoms with Gasteiger partial charge in [-0.3, -0.25) is 9.78 Å². The minimum Gasteiger partial charge on any atom is -0.508 e. The normalized spacial score (nSPS) is 10.1. The molecule has 6 nitrogen and oxygen atoms in total. The van der Waals surface area contributed by atoms with E-state index in [2.05, 4.69) is 4.98 Å². The molecule has 2 aromatic rings. The van der Waals surface area contributed by atoms with Gasteiger partial charge in [-0.2, -0.15) is 0 Å². The van der Waals surface area contributed by atoms with Gasteiger partial charge >= 0.3 is 5.97 Å². The van der Waals surface area contributed by atoms with E-state index in [0.29, 0.717) is 12.2 Å². The van der Waals surface area contributed by atoms with Crippen molar-refractivity contribution in [2.45, 2.75) is 6.92 Å². The summed E-state index contributed by atoms with van der Waals surface area (Å²) in [5.41, 5.74) is 0.712. The van der Waals surface area contributed by atoms with Crippen LogP contribution < -0.4 is 4.90 Å². The summed E-state index contributed by atoms with van der Waals surface area (Å²) in [7, 11) is 0. The predicted octanol–water partition coefficient (Wildman–Crippen LogP) is 2.15. The van der Waals surface area contributed by atoms with E-state index >= 15 is 0 Å². The molecule has 0 atom stereocenters. The van der Waals surface area contributed by atoms with Crippen molar-refractivity contribution in [2.24, 2.45) is 0 Å². The molecule has 0 aliphatic rings. The number of pyridine rings is 1. The van der Waals surface area contributed by atoms with Crippen molar-refractivity contribution in [2.75, 3.05) is 11.4 Å². The van der Waals surface area contributed by atoms with Gasteiger partial charge in [-0.15, -0.1) is 0 Å². The van der Waals surface area contributed by atoms with Crippen molar-refractivity contribution >= 4 is 17.6 Å². The highest BCUT2D eigenvalue weighted by Gasteiger charge is 2.18. The SMILES string of the molecule is CCN(C(=O)c1ccc(C(=O)O)cn1)c1cccc(O)c1. The number of rotatable bonds is 4. The molecular formula is C15H14N2O4. The van der Waals surface area contributed by atoms with Crippen LogP contribution in [0.3, 0.4) is 0 Å². The second-order valence-electron chi connectivity index (χ2n) is 4.31. The van der Waals surface area contributed by atoms with Gasteiger partial charge in [-0.05, 0) is 31.2 Å². The van der Waals surface area contributed by atoms with E-state index in [0.717, 1.165) is 6.20 Å². The minimum absolute atomic E-state index is 0.0203. The van der Waals surface area contributed by atoms with Crippen LogP contribution in [0.25, 0.3) is 0 Å². The summed E-state index contributed by atoms with van der Waals surface area (Å²) in [5.74, 6) is -1.39. The lowest BCUT2D eigenvalue weighted by atomic mass is 10.2. The van der Waals surface area contributed by atoms with Gasteiger partial charge in [0.1, 0.15) is 11.4 Å². The zero-order valence-corrected chi connectivity index (χ0v) is 11.4. The fourth-order valence-corrected chi connectivity index (χ4v) is 1.89. The summed E-state index contributed by atoms with van der Waals surface area (Å²) in [6.07, 6.45) is 1.14. The molecule has 0 aliphatic carbocycles. The number of aromatic hydroxyl groups is 1. The average Bonchev–Trinajstić information content (AvgIpc) is 2.48. The maximum Gasteiger partial charge on any atom is 0.337 e. The molecule has 108 valence electrons. The van der Waals surface area contributed by atoms with Crippen LogP contribution >= 0.6 is 0 Å². The van der Waals surface area contributed by atoms with E-state index in [1.54, 1.807) is 19.1 Å². The molecule has 0 saturated heterocycles. The van der Waals surface area contributed by atoms with Crippen LogP contribution in [-0.2, 0) is 0 Å². The second-order valence-corrected chi connectivity index (χ2v) is 4.31. The number of phenolic OH excluding ortho intramolecular Hbond substituents is 1. The highest BCUT2D eigenvalue weighted by atomic mass is 16.4. The van der Waals surface area contributed by atoms with Crippen molar-refractivity contribution < 1.29 is 19.8 Å². The molecule has 21 heavy (non-hydrogen) atoms. The van der Waals surface area contributed by atoms with Crippen molar-refractivity contribution in [3.05, 3.63) is 53.9 Å². The fourth-order valence-electron chi connectivity index (χ4n) is 1.89. The molecule has 0 fully saturated rings. The van der Waals surface area contributed by atoms with Crippen molar-refractivity contribution in [1.82, 2.24) is 4.98 Å². The van der Waals surface area contributed by atoms with Gasteiger partial charge in [0.05, 0.1) is 5.56 Å². The number of carbonyl (C=O) groups excluding carboxylic acids is 1. The molecule has 1 aromatic heterocycles. The molecule has 1 heterocycles. The van der Waals surface area contributed by atoms with Crippen molar-refractivity contribution in [3.63, 3.8) is 0 Å². The van der Waals surface area contributed by atoms with Crippen LogP contribution in [0.4, 0.5) is 5.69 Å². The second kappa shape index (κ2) is 6.04. The smallest absolute Gasteiger partial charge is 0.337 e. The lowest BCUT2D eigenvalue weighted by Crippen LogP contribution is -2.31. The van der Waals surface area contributed by atoms with E-state index in [4.69, 9.17) is 5.11 Å². The van der Waals surface area contributed by atoms with Crippen molar-refractivity contribution in [1.29, 1.82) is 0 Å². The lowest BCUT2D eigenvalue weighted by molar-refractivity contribution is 0.0695. The number of aromatic carboxylic acids is 1. The molecule has 2 N–H and O–H groups in total. The maximum atomic E-state index is 12.4. The number of carbonyl (C=O) groups is 2. The first-order valence-corrected chi connectivity index (χ1v) is 6.33. The Kier molecular flexibility index (Phi) is 4.18. The summed E-state index contributed by atoms with van der Waals surface area (Å²) in [6.45, 7) is 2.19. The van der Waals surface area contributed by atoms with Crippen LogP contribution in [0.5, 0.6) is 5.75 Å². The van der Waals surface area contributed by atoms with Crippen LogP contribution in [0.2, 0.25) is 0 Å². The summed E-state index contributed by atoms with van der Waals surface area (Å²) in [4.78, 5) is 28.5. The molecule has 2 rings (SSSR count). The largest absolute Gasteiger partial charge is 0.508 e. The van der Waals surface area contributed by atoms with Crippen LogP contribution in [0, 0.1) is 0 Å². The average molecular weight is 286 g/mol. The summed E-state index contributed by atoms with van der Waals surface area (Å²) >= 11 is 0. The topological polar surface area (TPSA) is 90.7 Å². The number of hydrogen-bond acceptors (Lipinski definition) is 4. The minimum atomic E-state index is -1.10. The number of phenols is 1. The molecule has 0 unspecified atom stereocenters. The molecule has 0 radical (unpaired) electrons. The third kappa shape index (κ3) is 3.17. The number of amides is 1. The highest BCUT2D eigenvalue weighted by Crippen LogP contribution is 2.21. The van der Waals surface area contributed by atoms with Gasteiger partial charge in [0.25, 0.3) is 5.91 Å². The molecule has 1 aromatic carbocycles. The number of aromatic nitrogens is 1. The summed E-state index contributed by atoms with van der Waals surface area (Å²) in [6, 6.07) is 9.04. The summed E-state index contributed by atoms with van der Waals surface area (Å²) < 4.78 is 0. The Hall–Kier alpha value is -2.89. The molecule has 6 heteroatoms. The number of carboxylic acid groups (broad SMARTS) is 1. The molecule has 0 bridgehead atoms. The standard InChI is InChI=1S/C15H14N2O4/c1-2-17(11-4-3-5-12(18)8-11)14(19)13-7-6-10(9-16-13)15(20)21/h3-9,18H,2H2,1H3,(H,20,21). The first kappa shape index (κ1) is 14.5. The third-order valence-electron chi connectivity index (χ3n) is 2.93. The number of benzene rings is 1. The molecule has 0 spiro atoms. The first-order valence-electron chi connectivity index (χ1n) is 6.33. The Morgan fingerprint density at radius 1 is 1.24 bits per heavy atom. The lowest BCUT2D eigenvalue weighted by Gasteiger charge is -2.20. The quantitative estimate of drug-likeness (QED) is 0.898. The van der Waals surface area contributed by atoms with Gasteiger partial charge in [0, 0.05) is 24.5 Å². The molecule has 0 aliphatic heterocycles. The number of carboxylic acids is 1. The van der Waals surface area contributed by atoms with Gasteiger partial charge in [-0.1, -0.05) is 6.07 Å². The first-order chi connectivity index (χ1) is 10.0. The number of anilines is 1. The third-order valence-corrected chi connectivity index (χ3v) is 2.93. The number of hydrogen-bond donors (Lipinski definition) is 2. The van der Waals surface area contributed by atoms with E-state index < -0.39 is 5.97 Å². The van der Waals surface area contributed by atoms with Gasteiger partial charge < -0.3 is 15.1 Å². The zero-order chi connectivity index (χ0) is 15.4. The Balaban J connectivity index is 2.30. The molecule has 1 amide bonds.